The summed E-state index contributed by atoms with van der Waals surface area (Å²) < 4.78 is 36.7. The maximum Gasteiger partial charge on any atom is 0.340 e. The molecular weight excluding hydrogens is 374 g/mol. The largest absolute Gasteiger partial charge is 0.462 e. The third-order valence-electron chi connectivity index (χ3n) is 3.58. The molecule has 2 rings (SSSR count). The Morgan fingerprint density at radius 1 is 1.22 bits per heavy atom. The number of nitrogens with zero attached hydrogens (tertiary/aromatic N) is 1. The monoisotopic (exact) mass is 395 g/mol. The van der Waals surface area contributed by atoms with Gasteiger partial charge in [0, 0.05) is 13.0 Å². The number of benzene rings is 1. The number of aryl methyl sites for hydroxylation is 2. The predicted molar refractivity (Wildman–Crippen MR) is 96.8 cm³/mol. The number of hydrogen-bond acceptors (Lipinski definition) is 7. The molecule has 0 aliphatic carbocycles. The van der Waals surface area contributed by atoms with Crippen molar-refractivity contribution in [1.82, 2.24) is 9.88 Å². The molecule has 1 heterocycles. The molecule has 1 aromatic heterocycles. The first-order chi connectivity index (χ1) is 12.8. The number of rotatable bonds is 8. The molecule has 0 aliphatic heterocycles. The van der Waals surface area contributed by atoms with E-state index in [0.29, 0.717) is 5.69 Å². The van der Waals surface area contributed by atoms with Crippen molar-refractivity contribution in [2.24, 2.45) is 0 Å². The van der Waals surface area contributed by atoms with Crippen molar-refractivity contribution in [1.29, 1.82) is 0 Å². The van der Waals surface area contributed by atoms with Gasteiger partial charge >= 0.3 is 5.97 Å². The molecular formula is C17H21N3O6S. The predicted octanol–water partition coefficient (Wildman–Crippen LogP) is 1.78. The van der Waals surface area contributed by atoms with Crippen LogP contribution in [0.15, 0.2) is 33.7 Å². The molecule has 2 N–H and O–H groups in total. The minimum atomic E-state index is -3.84. The van der Waals surface area contributed by atoms with E-state index in [1.807, 2.05) is 0 Å². The minimum Gasteiger partial charge on any atom is -0.462 e. The fourth-order valence-electron chi connectivity index (χ4n) is 2.42. The van der Waals surface area contributed by atoms with Gasteiger partial charge in [0.15, 0.2) is 5.76 Å². The first-order valence-electron chi connectivity index (χ1n) is 8.24. The van der Waals surface area contributed by atoms with Gasteiger partial charge in [0.05, 0.1) is 17.9 Å². The summed E-state index contributed by atoms with van der Waals surface area (Å²) in [5.74, 6) is -0.825. The highest BCUT2D eigenvalue weighted by atomic mass is 32.2. The normalized spacial score (nSPS) is 11.2. The van der Waals surface area contributed by atoms with Crippen molar-refractivity contribution in [2.75, 3.05) is 18.5 Å². The van der Waals surface area contributed by atoms with Gasteiger partial charge < -0.3 is 14.6 Å². The quantitative estimate of drug-likeness (QED) is 0.652. The number of ether oxygens (including phenoxy) is 1. The number of esters is 1. The summed E-state index contributed by atoms with van der Waals surface area (Å²) in [6.45, 7) is 4.78. The molecule has 10 heteroatoms. The number of hydrogen-bond donors (Lipinski definition) is 2. The number of nitrogens with one attached hydrogen (secondary N) is 2. The molecule has 1 aromatic carbocycles. The molecule has 0 unspecified atom stereocenters. The first kappa shape index (κ1) is 20.6. The molecule has 1 amide bonds. The SMILES string of the molecule is CCOC(=O)c1ccccc1NC(=O)CCNS(=O)(=O)c1c(C)noc1C. The van der Waals surface area contributed by atoms with E-state index < -0.39 is 21.9 Å². The van der Waals surface area contributed by atoms with Crippen molar-refractivity contribution in [3.8, 4) is 0 Å². The Morgan fingerprint density at radius 3 is 2.56 bits per heavy atom. The fraction of sp³-hybridized carbons (Fsp3) is 0.353. The minimum absolute atomic E-state index is 0.0319. The second kappa shape index (κ2) is 8.78. The van der Waals surface area contributed by atoms with Crippen LogP contribution in [0.4, 0.5) is 5.69 Å². The van der Waals surface area contributed by atoms with Crippen LogP contribution in [-0.2, 0) is 19.6 Å². The number of anilines is 1. The van der Waals surface area contributed by atoms with Crippen LogP contribution in [0.3, 0.4) is 0 Å². The number of carbonyl (C=O) groups is 2. The zero-order valence-corrected chi connectivity index (χ0v) is 16.1. The van der Waals surface area contributed by atoms with Gasteiger partial charge in [-0.3, -0.25) is 4.79 Å². The lowest BCUT2D eigenvalue weighted by molar-refractivity contribution is -0.116. The Hall–Kier alpha value is -2.72. The molecule has 0 spiro atoms. The lowest BCUT2D eigenvalue weighted by atomic mass is 10.1. The van der Waals surface area contributed by atoms with E-state index in [2.05, 4.69) is 15.2 Å². The highest BCUT2D eigenvalue weighted by Gasteiger charge is 2.24. The Balaban J connectivity index is 1.97. The van der Waals surface area contributed by atoms with E-state index in [9.17, 15) is 18.0 Å². The smallest absolute Gasteiger partial charge is 0.340 e. The summed E-state index contributed by atoms with van der Waals surface area (Å²) >= 11 is 0. The topological polar surface area (TPSA) is 128 Å². The summed E-state index contributed by atoms with van der Waals surface area (Å²) in [6.07, 6.45) is -0.125. The third kappa shape index (κ3) is 5.14. The van der Waals surface area contributed by atoms with E-state index in [1.165, 1.54) is 19.9 Å². The Labute approximate surface area is 157 Å². The van der Waals surface area contributed by atoms with Crippen molar-refractivity contribution in [3.63, 3.8) is 0 Å². The number of para-hydroxylation sites is 1. The zero-order valence-electron chi connectivity index (χ0n) is 15.2. The van der Waals surface area contributed by atoms with Crippen molar-refractivity contribution < 1.29 is 27.3 Å². The summed E-state index contributed by atoms with van der Waals surface area (Å²) in [4.78, 5) is 24.0. The van der Waals surface area contributed by atoms with Crippen molar-refractivity contribution in [3.05, 3.63) is 41.3 Å². The Kier molecular flexibility index (Phi) is 6.70. The molecule has 0 atom stereocenters. The van der Waals surface area contributed by atoms with Crippen molar-refractivity contribution >= 4 is 27.6 Å². The van der Waals surface area contributed by atoms with Gasteiger partial charge in [0.25, 0.3) is 0 Å². The van der Waals surface area contributed by atoms with E-state index in [4.69, 9.17) is 9.26 Å². The number of aromatic nitrogens is 1. The molecule has 146 valence electrons. The van der Waals surface area contributed by atoms with E-state index >= 15 is 0 Å². The second-order valence-corrected chi connectivity index (χ2v) is 7.32. The lowest BCUT2D eigenvalue weighted by Crippen LogP contribution is -2.28. The van der Waals surface area contributed by atoms with Gasteiger partial charge in [0.1, 0.15) is 10.6 Å². The molecule has 2 aromatic rings. The number of carbonyl (C=O) groups excluding carboxylic acids is 2. The highest BCUT2D eigenvalue weighted by molar-refractivity contribution is 7.89. The van der Waals surface area contributed by atoms with Gasteiger partial charge in [-0.25, -0.2) is 17.9 Å². The summed E-state index contributed by atoms with van der Waals surface area (Å²) in [5.41, 5.74) is 0.770. The van der Waals surface area contributed by atoms with Gasteiger partial charge in [0.2, 0.25) is 15.9 Å². The number of amides is 1. The molecule has 0 saturated carbocycles. The molecule has 0 saturated heterocycles. The van der Waals surface area contributed by atoms with E-state index in [1.54, 1.807) is 25.1 Å². The maximum absolute atomic E-state index is 12.3. The first-order valence-corrected chi connectivity index (χ1v) is 9.73. The van der Waals surface area contributed by atoms with E-state index in [0.717, 1.165) is 0 Å². The molecule has 0 fully saturated rings. The van der Waals surface area contributed by atoms with Crippen LogP contribution in [0.25, 0.3) is 0 Å². The van der Waals surface area contributed by atoms with Gasteiger partial charge in [-0.15, -0.1) is 0 Å². The lowest BCUT2D eigenvalue weighted by Gasteiger charge is -2.10. The number of sulfonamides is 1. The maximum atomic E-state index is 12.3. The second-order valence-electron chi connectivity index (χ2n) is 5.62. The standard InChI is InChI=1S/C17H21N3O6S/c1-4-25-17(22)13-7-5-6-8-14(13)19-15(21)9-10-18-27(23,24)16-11(2)20-26-12(16)3/h5-8,18H,4,9-10H2,1-3H3,(H,19,21). The van der Waals surface area contributed by atoms with E-state index in [-0.39, 0.29) is 41.5 Å². The van der Waals surface area contributed by atoms with Crippen LogP contribution in [-0.4, -0.2) is 38.6 Å². The molecule has 0 aliphatic rings. The summed E-state index contributed by atoms with van der Waals surface area (Å²) in [7, 11) is -3.84. The Bertz CT molecular complexity index is 916. The average molecular weight is 395 g/mol. The van der Waals surface area contributed by atoms with Gasteiger partial charge in [-0.2, -0.15) is 0 Å². The zero-order chi connectivity index (χ0) is 20.0. The Morgan fingerprint density at radius 2 is 1.93 bits per heavy atom. The van der Waals surface area contributed by atoms with Gasteiger partial charge in [-0.05, 0) is 32.9 Å². The summed E-state index contributed by atoms with van der Waals surface area (Å²) in [5, 5.41) is 6.19. The van der Waals surface area contributed by atoms with Crippen LogP contribution in [0.2, 0.25) is 0 Å². The molecule has 0 bridgehead atoms. The van der Waals surface area contributed by atoms with Crippen LogP contribution in [0, 0.1) is 13.8 Å². The summed E-state index contributed by atoms with van der Waals surface area (Å²) in [6, 6.07) is 6.42. The van der Waals surface area contributed by atoms with Gasteiger partial charge in [-0.1, -0.05) is 17.3 Å². The average Bonchev–Trinajstić information content (AvgIpc) is 2.94. The molecule has 27 heavy (non-hydrogen) atoms. The molecule has 9 nitrogen and oxygen atoms in total. The third-order valence-corrected chi connectivity index (χ3v) is 5.28. The fourth-order valence-corrected chi connectivity index (χ4v) is 3.78. The van der Waals surface area contributed by atoms with Crippen LogP contribution >= 0.6 is 0 Å². The molecule has 0 radical (unpaired) electrons. The van der Waals surface area contributed by atoms with Crippen LogP contribution < -0.4 is 10.0 Å². The van der Waals surface area contributed by atoms with Crippen LogP contribution in [0.1, 0.15) is 35.2 Å². The highest BCUT2D eigenvalue weighted by Crippen LogP contribution is 2.19. The van der Waals surface area contributed by atoms with Crippen molar-refractivity contribution in [2.45, 2.75) is 32.1 Å². The van der Waals surface area contributed by atoms with Crippen LogP contribution in [0.5, 0.6) is 0 Å².